The average molecular weight is 206 g/mol. The maximum atomic E-state index is 10.9. The molecule has 0 radical (unpaired) electrons. The summed E-state index contributed by atoms with van der Waals surface area (Å²) >= 11 is 0. The Balaban J connectivity index is 2.64. The number of hydrogen-bond donors (Lipinski definition) is 1. The first kappa shape index (κ1) is 11.9. The van der Waals surface area contributed by atoms with Gasteiger partial charge in [0.1, 0.15) is 6.29 Å². The van der Waals surface area contributed by atoms with E-state index in [9.17, 15) is 9.90 Å². The second-order valence-electron chi connectivity index (χ2n) is 3.80. The van der Waals surface area contributed by atoms with E-state index >= 15 is 0 Å². The molecular weight excluding hydrogens is 188 g/mol. The Hall–Kier alpha value is -1.15. The number of carbonyl (C=O) groups is 1. The summed E-state index contributed by atoms with van der Waals surface area (Å²) in [4.78, 5) is 10.9. The van der Waals surface area contributed by atoms with E-state index in [1.807, 2.05) is 30.3 Å². The van der Waals surface area contributed by atoms with E-state index in [2.05, 4.69) is 6.92 Å². The third-order valence-electron chi connectivity index (χ3n) is 2.61. The molecule has 2 nitrogen and oxygen atoms in total. The van der Waals surface area contributed by atoms with Gasteiger partial charge in [-0.05, 0) is 12.0 Å². The molecule has 0 aliphatic rings. The third kappa shape index (κ3) is 3.48. The molecule has 2 atom stereocenters. The van der Waals surface area contributed by atoms with Crippen LogP contribution in [-0.4, -0.2) is 11.4 Å². The summed E-state index contributed by atoms with van der Waals surface area (Å²) in [5.74, 6) is -0.271. The first-order chi connectivity index (χ1) is 7.29. The van der Waals surface area contributed by atoms with Crippen LogP contribution in [0.15, 0.2) is 30.3 Å². The number of aliphatic hydroxyl groups excluding tert-OH is 1. The summed E-state index contributed by atoms with van der Waals surface area (Å²) in [7, 11) is 0. The van der Waals surface area contributed by atoms with Gasteiger partial charge in [0.05, 0.1) is 6.10 Å². The fraction of sp³-hybridized carbons (Fsp3) is 0.462. The van der Waals surface area contributed by atoms with E-state index in [4.69, 9.17) is 0 Å². The zero-order valence-electron chi connectivity index (χ0n) is 9.10. The minimum atomic E-state index is -0.657. The van der Waals surface area contributed by atoms with Crippen LogP contribution in [0.4, 0.5) is 0 Å². The van der Waals surface area contributed by atoms with E-state index in [1.165, 1.54) is 0 Å². The molecule has 1 aromatic rings. The molecule has 0 aliphatic carbocycles. The van der Waals surface area contributed by atoms with Crippen LogP contribution < -0.4 is 0 Å². The van der Waals surface area contributed by atoms with Crippen molar-refractivity contribution in [3.8, 4) is 0 Å². The van der Waals surface area contributed by atoms with E-state index in [0.29, 0.717) is 0 Å². The molecule has 0 unspecified atom stereocenters. The molecule has 2 heteroatoms. The van der Waals surface area contributed by atoms with Crippen molar-refractivity contribution < 1.29 is 9.90 Å². The minimum absolute atomic E-state index is 0.271. The average Bonchev–Trinajstić information content (AvgIpc) is 2.31. The molecule has 1 aromatic carbocycles. The van der Waals surface area contributed by atoms with Crippen molar-refractivity contribution in [3.05, 3.63) is 35.9 Å². The van der Waals surface area contributed by atoms with Gasteiger partial charge in [-0.3, -0.25) is 0 Å². The molecule has 0 aliphatic heterocycles. The van der Waals surface area contributed by atoms with Crippen LogP contribution in [0.5, 0.6) is 0 Å². The quantitative estimate of drug-likeness (QED) is 0.727. The lowest BCUT2D eigenvalue weighted by molar-refractivity contribution is -0.114. The maximum Gasteiger partial charge on any atom is 0.126 e. The Kier molecular flexibility index (Phi) is 5.05. The number of hydrogen-bond acceptors (Lipinski definition) is 2. The van der Waals surface area contributed by atoms with Gasteiger partial charge in [-0.15, -0.1) is 0 Å². The standard InChI is InChI=1S/C13H18O2/c1-2-3-7-12(10-14)13(15)11-8-5-4-6-9-11/h4-6,8-10,12-13,15H,2-3,7H2,1H3/t12-,13-/m1/s1. The predicted octanol–water partition coefficient (Wildman–Crippen LogP) is 2.73. The molecular formula is C13H18O2. The zero-order valence-corrected chi connectivity index (χ0v) is 9.10. The number of carbonyl (C=O) groups excluding carboxylic acids is 1. The highest BCUT2D eigenvalue weighted by atomic mass is 16.3. The molecule has 0 saturated heterocycles. The zero-order chi connectivity index (χ0) is 11.1. The summed E-state index contributed by atoms with van der Waals surface area (Å²) in [6.45, 7) is 2.08. The fourth-order valence-corrected chi connectivity index (χ4v) is 1.64. The molecule has 82 valence electrons. The number of aliphatic hydroxyl groups is 1. The van der Waals surface area contributed by atoms with E-state index in [-0.39, 0.29) is 5.92 Å². The minimum Gasteiger partial charge on any atom is -0.388 e. The van der Waals surface area contributed by atoms with Gasteiger partial charge in [0.25, 0.3) is 0 Å². The molecule has 0 heterocycles. The van der Waals surface area contributed by atoms with Crippen molar-refractivity contribution in [2.45, 2.75) is 32.3 Å². The Labute approximate surface area is 90.9 Å². The Morgan fingerprint density at radius 1 is 1.33 bits per heavy atom. The second kappa shape index (κ2) is 6.36. The Morgan fingerprint density at radius 3 is 2.53 bits per heavy atom. The van der Waals surface area contributed by atoms with Gasteiger partial charge < -0.3 is 9.90 Å². The van der Waals surface area contributed by atoms with Crippen molar-refractivity contribution in [2.75, 3.05) is 0 Å². The van der Waals surface area contributed by atoms with Gasteiger partial charge >= 0.3 is 0 Å². The van der Waals surface area contributed by atoms with Gasteiger partial charge in [-0.25, -0.2) is 0 Å². The van der Waals surface area contributed by atoms with Crippen molar-refractivity contribution in [3.63, 3.8) is 0 Å². The molecule has 0 saturated carbocycles. The van der Waals surface area contributed by atoms with Gasteiger partial charge in [-0.1, -0.05) is 50.1 Å². The van der Waals surface area contributed by atoms with E-state index < -0.39 is 6.10 Å². The SMILES string of the molecule is CCCC[C@H](C=O)[C@H](O)c1ccccc1. The maximum absolute atomic E-state index is 10.9. The van der Waals surface area contributed by atoms with Crippen molar-refractivity contribution >= 4 is 6.29 Å². The summed E-state index contributed by atoms with van der Waals surface area (Å²) in [5, 5.41) is 9.98. The second-order valence-corrected chi connectivity index (χ2v) is 3.80. The molecule has 0 spiro atoms. The topological polar surface area (TPSA) is 37.3 Å². The molecule has 0 amide bonds. The molecule has 1 rings (SSSR count). The normalized spacial score (nSPS) is 14.5. The summed E-state index contributed by atoms with van der Waals surface area (Å²) in [5.41, 5.74) is 0.825. The Morgan fingerprint density at radius 2 is 2.00 bits per heavy atom. The van der Waals surface area contributed by atoms with Crippen LogP contribution in [0.2, 0.25) is 0 Å². The molecule has 0 bridgehead atoms. The van der Waals surface area contributed by atoms with Gasteiger partial charge in [0.15, 0.2) is 0 Å². The van der Waals surface area contributed by atoms with Gasteiger partial charge in [-0.2, -0.15) is 0 Å². The number of rotatable bonds is 6. The van der Waals surface area contributed by atoms with Crippen LogP contribution in [-0.2, 0) is 4.79 Å². The first-order valence-electron chi connectivity index (χ1n) is 5.48. The van der Waals surface area contributed by atoms with Gasteiger partial charge in [0, 0.05) is 5.92 Å². The Bertz CT molecular complexity index is 282. The molecule has 0 aromatic heterocycles. The van der Waals surface area contributed by atoms with E-state index in [1.54, 1.807) is 0 Å². The fourth-order valence-electron chi connectivity index (χ4n) is 1.64. The monoisotopic (exact) mass is 206 g/mol. The largest absolute Gasteiger partial charge is 0.388 e. The molecule has 0 fully saturated rings. The van der Waals surface area contributed by atoms with Crippen LogP contribution in [0.1, 0.15) is 37.9 Å². The summed E-state index contributed by atoms with van der Waals surface area (Å²) in [6.07, 6.45) is 3.00. The van der Waals surface area contributed by atoms with Crippen molar-refractivity contribution in [1.82, 2.24) is 0 Å². The molecule has 15 heavy (non-hydrogen) atoms. The smallest absolute Gasteiger partial charge is 0.126 e. The van der Waals surface area contributed by atoms with Crippen LogP contribution in [0.3, 0.4) is 0 Å². The van der Waals surface area contributed by atoms with Crippen LogP contribution >= 0.6 is 0 Å². The van der Waals surface area contributed by atoms with Crippen molar-refractivity contribution in [1.29, 1.82) is 0 Å². The van der Waals surface area contributed by atoms with Crippen LogP contribution in [0.25, 0.3) is 0 Å². The molecule has 1 N–H and O–H groups in total. The van der Waals surface area contributed by atoms with E-state index in [0.717, 1.165) is 31.1 Å². The number of unbranched alkanes of at least 4 members (excludes halogenated alkanes) is 1. The number of benzene rings is 1. The third-order valence-corrected chi connectivity index (χ3v) is 2.61. The van der Waals surface area contributed by atoms with Crippen LogP contribution in [0, 0.1) is 5.92 Å². The lowest BCUT2D eigenvalue weighted by Crippen LogP contribution is -2.14. The summed E-state index contributed by atoms with van der Waals surface area (Å²) in [6, 6.07) is 9.36. The summed E-state index contributed by atoms with van der Waals surface area (Å²) < 4.78 is 0. The highest BCUT2D eigenvalue weighted by Gasteiger charge is 2.19. The lowest BCUT2D eigenvalue weighted by atomic mass is 9.92. The first-order valence-corrected chi connectivity index (χ1v) is 5.48. The highest BCUT2D eigenvalue weighted by molar-refractivity contribution is 5.55. The lowest BCUT2D eigenvalue weighted by Gasteiger charge is -2.17. The van der Waals surface area contributed by atoms with Gasteiger partial charge in [0.2, 0.25) is 0 Å². The highest BCUT2D eigenvalue weighted by Crippen LogP contribution is 2.24. The number of aldehydes is 1. The predicted molar refractivity (Wildman–Crippen MR) is 60.5 cm³/mol. The van der Waals surface area contributed by atoms with Crippen molar-refractivity contribution in [2.24, 2.45) is 5.92 Å².